The molecule has 2 heterocycles. The van der Waals surface area contributed by atoms with Gasteiger partial charge in [-0.3, -0.25) is 4.79 Å². The molecule has 0 saturated carbocycles. The lowest BCUT2D eigenvalue weighted by Crippen LogP contribution is -2.47. The van der Waals surface area contributed by atoms with E-state index in [-0.39, 0.29) is 23.1 Å². The monoisotopic (exact) mass is 344 g/mol. The average molecular weight is 344 g/mol. The number of carbonyl (C=O) groups is 2. The van der Waals surface area contributed by atoms with Crippen LogP contribution in [0.3, 0.4) is 0 Å². The lowest BCUT2D eigenvalue weighted by Gasteiger charge is -2.31. The van der Waals surface area contributed by atoms with E-state index in [1.54, 1.807) is 0 Å². The fourth-order valence-corrected chi connectivity index (χ4v) is 4.03. The first-order valence-electron chi connectivity index (χ1n) is 7.44. The number of aromatic carboxylic acids is 1. The highest BCUT2D eigenvalue weighted by Crippen LogP contribution is 2.16. The molecule has 1 aromatic rings. The third kappa shape index (κ3) is 4.32. The van der Waals surface area contributed by atoms with Gasteiger partial charge in [0.1, 0.15) is 6.26 Å². The zero-order valence-electron chi connectivity index (χ0n) is 12.8. The van der Waals surface area contributed by atoms with E-state index in [0.717, 1.165) is 6.26 Å². The largest absolute Gasteiger partial charge is 0.478 e. The van der Waals surface area contributed by atoms with Gasteiger partial charge in [-0.1, -0.05) is 6.92 Å². The second-order valence-electron chi connectivity index (χ2n) is 5.47. The first-order valence-corrected chi connectivity index (χ1v) is 9.05. The number of nitrogens with one attached hydrogen (secondary N) is 1. The van der Waals surface area contributed by atoms with E-state index in [0.29, 0.717) is 32.4 Å². The van der Waals surface area contributed by atoms with Crippen LogP contribution in [0.15, 0.2) is 16.7 Å². The summed E-state index contributed by atoms with van der Waals surface area (Å²) in [5, 5.41) is 11.5. The van der Waals surface area contributed by atoms with Crippen LogP contribution in [0.2, 0.25) is 0 Å². The van der Waals surface area contributed by atoms with Crippen LogP contribution in [-0.4, -0.2) is 54.6 Å². The molecule has 9 heteroatoms. The van der Waals surface area contributed by atoms with Crippen LogP contribution in [0, 0.1) is 0 Å². The Kier molecular flexibility index (Phi) is 5.42. The summed E-state index contributed by atoms with van der Waals surface area (Å²) in [5.41, 5.74) is -0.0874. The summed E-state index contributed by atoms with van der Waals surface area (Å²) in [7, 11) is -3.21. The van der Waals surface area contributed by atoms with Gasteiger partial charge < -0.3 is 14.8 Å². The summed E-state index contributed by atoms with van der Waals surface area (Å²) >= 11 is 0. The number of rotatable bonds is 6. The van der Waals surface area contributed by atoms with E-state index in [2.05, 4.69) is 5.32 Å². The molecule has 1 aliphatic rings. The summed E-state index contributed by atoms with van der Waals surface area (Å²) in [6.07, 6.45) is 2.61. The average Bonchev–Trinajstić information content (AvgIpc) is 2.98. The number of piperidine rings is 1. The maximum Gasteiger partial charge on any atom is 0.338 e. The van der Waals surface area contributed by atoms with Gasteiger partial charge in [0.15, 0.2) is 5.76 Å². The molecule has 2 rings (SSSR count). The summed E-state index contributed by atoms with van der Waals surface area (Å²) in [5.74, 6) is -1.59. The van der Waals surface area contributed by atoms with E-state index in [1.165, 1.54) is 10.4 Å². The molecule has 1 saturated heterocycles. The maximum atomic E-state index is 12.0. The van der Waals surface area contributed by atoms with Crippen molar-refractivity contribution in [3.05, 3.63) is 23.7 Å². The van der Waals surface area contributed by atoms with Crippen molar-refractivity contribution in [2.45, 2.75) is 32.2 Å². The molecule has 0 unspecified atom stereocenters. The fraction of sp³-hybridized carbons (Fsp3) is 0.571. The smallest absolute Gasteiger partial charge is 0.338 e. The highest BCUT2D eigenvalue weighted by Gasteiger charge is 2.28. The SMILES string of the molecule is CCCS(=O)(=O)N1CCC(NC(=O)c2cc(C(=O)O)co2)CC1. The molecule has 1 fully saturated rings. The zero-order chi connectivity index (χ0) is 17.0. The van der Waals surface area contributed by atoms with Crippen molar-refractivity contribution >= 4 is 21.9 Å². The van der Waals surface area contributed by atoms with Crippen molar-refractivity contribution in [2.75, 3.05) is 18.8 Å². The van der Waals surface area contributed by atoms with Gasteiger partial charge in [0.25, 0.3) is 5.91 Å². The molecule has 8 nitrogen and oxygen atoms in total. The minimum Gasteiger partial charge on any atom is -0.478 e. The molecule has 1 amide bonds. The minimum atomic E-state index is -3.21. The molecule has 0 radical (unpaired) electrons. The normalized spacial score (nSPS) is 17.1. The number of carboxylic acids is 1. The van der Waals surface area contributed by atoms with Crippen LogP contribution in [-0.2, 0) is 10.0 Å². The Bertz CT molecular complexity index is 673. The van der Waals surface area contributed by atoms with Gasteiger partial charge in [0.2, 0.25) is 10.0 Å². The van der Waals surface area contributed by atoms with E-state index >= 15 is 0 Å². The Balaban J connectivity index is 1.88. The topological polar surface area (TPSA) is 117 Å². The minimum absolute atomic E-state index is 0.0663. The first-order chi connectivity index (χ1) is 10.8. The highest BCUT2D eigenvalue weighted by atomic mass is 32.2. The summed E-state index contributed by atoms with van der Waals surface area (Å²) < 4.78 is 30.3. The van der Waals surface area contributed by atoms with E-state index < -0.39 is 21.9 Å². The number of sulfonamides is 1. The Morgan fingerprint density at radius 3 is 2.57 bits per heavy atom. The molecule has 0 bridgehead atoms. The molecule has 23 heavy (non-hydrogen) atoms. The van der Waals surface area contributed by atoms with E-state index in [1.807, 2.05) is 6.92 Å². The van der Waals surface area contributed by atoms with Crippen LogP contribution in [0.5, 0.6) is 0 Å². The number of hydrogen-bond acceptors (Lipinski definition) is 5. The molecular weight excluding hydrogens is 324 g/mol. The third-order valence-electron chi connectivity index (χ3n) is 3.71. The van der Waals surface area contributed by atoms with E-state index in [4.69, 9.17) is 9.52 Å². The van der Waals surface area contributed by atoms with Crippen LogP contribution >= 0.6 is 0 Å². The van der Waals surface area contributed by atoms with Crippen molar-refractivity contribution in [1.82, 2.24) is 9.62 Å². The Morgan fingerprint density at radius 2 is 2.04 bits per heavy atom. The van der Waals surface area contributed by atoms with Crippen molar-refractivity contribution in [3.63, 3.8) is 0 Å². The summed E-state index contributed by atoms with van der Waals surface area (Å²) in [6, 6.07) is 1.01. The number of carboxylic acid groups (broad SMARTS) is 1. The molecular formula is C14H20N2O6S. The zero-order valence-corrected chi connectivity index (χ0v) is 13.6. The number of hydrogen-bond donors (Lipinski definition) is 2. The second kappa shape index (κ2) is 7.14. The van der Waals surface area contributed by atoms with Gasteiger partial charge in [-0.2, -0.15) is 0 Å². The number of furan rings is 1. The quantitative estimate of drug-likeness (QED) is 0.792. The lowest BCUT2D eigenvalue weighted by molar-refractivity contribution is 0.0695. The Morgan fingerprint density at radius 1 is 1.39 bits per heavy atom. The van der Waals surface area contributed by atoms with Crippen LogP contribution in [0.1, 0.15) is 47.1 Å². The standard InChI is InChI=1S/C14H20N2O6S/c1-2-7-23(20,21)16-5-3-11(4-6-16)15-13(17)12-8-10(9-22-12)14(18)19/h8-9,11H,2-7H2,1H3,(H,15,17)(H,18,19). The van der Waals surface area contributed by atoms with Gasteiger partial charge >= 0.3 is 5.97 Å². The van der Waals surface area contributed by atoms with Gasteiger partial charge in [0, 0.05) is 25.2 Å². The Hall–Kier alpha value is -1.87. The van der Waals surface area contributed by atoms with Gasteiger partial charge in [-0.15, -0.1) is 0 Å². The van der Waals surface area contributed by atoms with Crippen LogP contribution in [0.4, 0.5) is 0 Å². The number of carbonyl (C=O) groups excluding carboxylic acids is 1. The number of nitrogens with zero attached hydrogens (tertiary/aromatic N) is 1. The fourth-order valence-electron chi connectivity index (χ4n) is 2.49. The molecule has 0 atom stereocenters. The maximum absolute atomic E-state index is 12.0. The second-order valence-corrected chi connectivity index (χ2v) is 7.56. The van der Waals surface area contributed by atoms with Crippen LogP contribution in [0.25, 0.3) is 0 Å². The van der Waals surface area contributed by atoms with Gasteiger partial charge in [-0.05, 0) is 19.3 Å². The summed E-state index contributed by atoms with van der Waals surface area (Å²) in [6.45, 7) is 2.55. The predicted molar refractivity (Wildman–Crippen MR) is 81.8 cm³/mol. The summed E-state index contributed by atoms with van der Waals surface area (Å²) in [4.78, 5) is 22.8. The molecule has 0 aliphatic carbocycles. The molecule has 2 N–H and O–H groups in total. The van der Waals surface area contributed by atoms with Gasteiger partial charge in [0.05, 0.1) is 11.3 Å². The molecule has 0 spiro atoms. The molecule has 128 valence electrons. The lowest BCUT2D eigenvalue weighted by atomic mass is 10.1. The predicted octanol–water partition coefficient (Wildman–Crippen LogP) is 0.912. The third-order valence-corrected chi connectivity index (χ3v) is 5.79. The van der Waals surface area contributed by atoms with Crippen molar-refractivity contribution in [3.8, 4) is 0 Å². The number of amides is 1. The van der Waals surface area contributed by atoms with Crippen molar-refractivity contribution in [1.29, 1.82) is 0 Å². The molecule has 1 aromatic heterocycles. The van der Waals surface area contributed by atoms with Crippen molar-refractivity contribution in [2.24, 2.45) is 0 Å². The van der Waals surface area contributed by atoms with Gasteiger partial charge in [-0.25, -0.2) is 17.5 Å². The molecule has 1 aliphatic heterocycles. The molecule has 0 aromatic carbocycles. The highest BCUT2D eigenvalue weighted by molar-refractivity contribution is 7.89. The van der Waals surface area contributed by atoms with Crippen LogP contribution < -0.4 is 5.32 Å². The van der Waals surface area contributed by atoms with E-state index in [9.17, 15) is 18.0 Å². The first kappa shape index (κ1) is 17.5. The van der Waals surface area contributed by atoms with Crippen molar-refractivity contribution < 1.29 is 27.5 Å². The Labute approximate surface area is 134 Å².